The number of hydrogen-bond acceptors (Lipinski definition) is 9. The topological polar surface area (TPSA) is 171 Å². The average Bonchev–Trinajstić information content (AvgIpc) is 3.83. The number of amides is 4. The van der Waals surface area contributed by atoms with Crippen LogP contribution in [0.2, 0.25) is 0 Å². The average molecular weight is 932 g/mol. The van der Waals surface area contributed by atoms with Crippen molar-refractivity contribution in [1.29, 1.82) is 5.26 Å². The van der Waals surface area contributed by atoms with Crippen molar-refractivity contribution >= 4 is 54.9 Å². The van der Waals surface area contributed by atoms with Gasteiger partial charge in [0.2, 0.25) is 11.8 Å². The van der Waals surface area contributed by atoms with Crippen molar-refractivity contribution < 1.29 is 23.7 Å². The molecule has 4 aromatic rings. The third kappa shape index (κ3) is 15.1. The molecule has 4 amide bonds. The van der Waals surface area contributed by atoms with Crippen molar-refractivity contribution in [2.75, 3.05) is 37.5 Å². The highest BCUT2D eigenvalue weighted by Gasteiger charge is 2.36. The number of carbonyl (C=O) groups is 4. The molecule has 1 saturated heterocycles. The fraction of sp³-hybridized carbons (Fsp3) is 0.385. The van der Waals surface area contributed by atoms with Crippen LogP contribution in [0.15, 0.2) is 108 Å². The number of aryl methyl sites for hydroxylation is 2. The summed E-state index contributed by atoms with van der Waals surface area (Å²) in [6, 6.07) is 24.0. The number of allylic oxidation sites excluding steroid dienone is 2. The van der Waals surface area contributed by atoms with E-state index in [1.807, 2.05) is 120 Å². The number of fused-ring (bicyclic) bond motifs is 1. The largest absolute Gasteiger partial charge is 0.399 e. The van der Waals surface area contributed by atoms with E-state index in [0.29, 0.717) is 35.5 Å². The van der Waals surface area contributed by atoms with Gasteiger partial charge in [0.05, 0.1) is 24.3 Å². The molecule has 2 aliphatic heterocycles. The van der Waals surface area contributed by atoms with E-state index < -0.39 is 25.5 Å². The smallest absolute Gasteiger partial charge is 0.264 e. The molecule has 1 fully saturated rings. The first-order valence-electron chi connectivity index (χ1n) is 22.4. The Morgan fingerprint density at radius 1 is 1.08 bits per heavy atom. The monoisotopic (exact) mass is 931 g/mol. The van der Waals surface area contributed by atoms with Crippen molar-refractivity contribution in [3.63, 3.8) is 0 Å². The Bertz CT molecular complexity index is 2410. The lowest BCUT2D eigenvalue weighted by Gasteiger charge is -2.37. The molecular weight excluding hydrogens is 866 g/mol. The minimum absolute atomic E-state index is 0.0137. The number of hydrogen-bond donors (Lipinski definition) is 3. The first-order chi connectivity index (χ1) is 31.5. The number of nitrogens with zero attached hydrogens (tertiary/aromatic N) is 4. The van der Waals surface area contributed by atoms with Gasteiger partial charge >= 0.3 is 0 Å². The van der Waals surface area contributed by atoms with Crippen LogP contribution in [0.4, 0.5) is 5.69 Å². The van der Waals surface area contributed by atoms with Gasteiger partial charge in [-0.1, -0.05) is 74.5 Å². The molecular formula is C52H66N7O5PS. The summed E-state index contributed by atoms with van der Waals surface area (Å²) in [5.74, 6) is -1.32. The molecule has 14 heteroatoms. The molecule has 6 rings (SSSR count). The first kappa shape index (κ1) is 52.7. The van der Waals surface area contributed by atoms with Crippen LogP contribution in [0.3, 0.4) is 0 Å². The van der Waals surface area contributed by atoms with Gasteiger partial charge in [-0.25, -0.2) is 4.98 Å². The summed E-state index contributed by atoms with van der Waals surface area (Å²) in [6.45, 7) is 21.6. The third-order valence-corrected chi connectivity index (χ3v) is 13.0. The van der Waals surface area contributed by atoms with Gasteiger partial charge in [-0.3, -0.25) is 19.2 Å². The maximum absolute atomic E-state index is 13.7. The zero-order valence-corrected chi connectivity index (χ0v) is 41.6. The Kier molecular flexibility index (Phi) is 20.0. The van der Waals surface area contributed by atoms with Gasteiger partial charge in [0.25, 0.3) is 11.8 Å². The van der Waals surface area contributed by atoms with Crippen molar-refractivity contribution in [3.05, 3.63) is 136 Å². The van der Waals surface area contributed by atoms with Gasteiger partial charge in [-0.2, -0.15) is 5.26 Å². The number of thiazole rings is 1. The molecule has 4 N–H and O–H groups in total. The summed E-state index contributed by atoms with van der Waals surface area (Å²) in [5.41, 5.74) is 11.8. The number of rotatable bonds is 13. The number of nitrogens with one attached hydrogen (secondary N) is 2. The second-order valence-electron chi connectivity index (χ2n) is 17.0. The van der Waals surface area contributed by atoms with E-state index in [0.717, 1.165) is 46.3 Å². The van der Waals surface area contributed by atoms with E-state index in [2.05, 4.69) is 41.3 Å². The third-order valence-electron chi connectivity index (χ3n) is 11.1. The van der Waals surface area contributed by atoms with Crippen molar-refractivity contribution in [2.24, 2.45) is 11.7 Å². The van der Waals surface area contributed by atoms with E-state index in [4.69, 9.17) is 10.3 Å². The Morgan fingerprint density at radius 3 is 2.39 bits per heavy atom. The highest BCUT2D eigenvalue weighted by molar-refractivity contribution is 7.51. The quantitative estimate of drug-likeness (QED) is 0.0515. The summed E-state index contributed by atoms with van der Waals surface area (Å²) in [5, 5.41) is 18.4. The first-order valence-corrected chi connectivity index (χ1v) is 25.2. The van der Waals surface area contributed by atoms with E-state index in [9.17, 15) is 24.4 Å². The van der Waals surface area contributed by atoms with Crippen molar-refractivity contribution in [3.8, 4) is 17.2 Å². The second kappa shape index (κ2) is 25.1. The van der Waals surface area contributed by atoms with E-state index in [1.54, 1.807) is 29.5 Å². The van der Waals surface area contributed by atoms with Gasteiger partial charge in [0.1, 0.15) is 16.6 Å². The number of benzene rings is 3. The maximum atomic E-state index is 13.7. The van der Waals surface area contributed by atoms with Crippen LogP contribution >= 0.6 is 19.5 Å². The molecule has 4 atom stereocenters. The normalized spacial score (nSPS) is 17.5. The lowest BCUT2D eigenvalue weighted by atomic mass is 9.83. The minimum atomic E-state index is -1.08. The van der Waals surface area contributed by atoms with Crippen LogP contribution in [0, 0.1) is 24.2 Å². The van der Waals surface area contributed by atoms with Crippen LogP contribution < -0.4 is 21.3 Å². The number of carbonyl (C=O) groups excluding carboxylic acids is 4. The number of anilines is 1. The molecule has 0 bridgehead atoms. The fourth-order valence-corrected chi connectivity index (χ4v) is 9.45. The zero-order chi connectivity index (χ0) is 48.6. The van der Waals surface area contributed by atoms with Gasteiger partial charge < -0.3 is 30.7 Å². The molecule has 0 spiro atoms. The van der Waals surface area contributed by atoms with Gasteiger partial charge in [0, 0.05) is 68.6 Å². The highest BCUT2D eigenvalue weighted by atomic mass is 32.1. The molecule has 2 aliphatic rings. The minimum Gasteiger partial charge on any atom is -0.399 e. The Hall–Kier alpha value is -5.93. The highest BCUT2D eigenvalue weighted by Crippen LogP contribution is 2.36. The maximum Gasteiger partial charge on any atom is 0.264 e. The van der Waals surface area contributed by atoms with E-state index in [1.165, 1.54) is 17.4 Å². The second-order valence-corrected chi connectivity index (χ2v) is 19.8. The summed E-state index contributed by atoms with van der Waals surface area (Å²) in [4.78, 5) is 60.6. The molecule has 3 heterocycles. The fourth-order valence-electron chi connectivity index (χ4n) is 7.87. The summed E-state index contributed by atoms with van der Waals surface area (Å²) >= 11 is 1.34. The standard InChI is InChI=1S/C45H51N6O5PS.C5H9N.C2H6/c1-29-8-7-9-34(20-29)38-22-39(26-50(25-38)44(55)37(24-46)23-41-47-18-19-58-41)42(53)48-28-57(6)56-27-45(4,5)49-43(54)33-14-12-32(13-15-33)35-16-17-40-36(21-35)11-10-30(2)51(40)31(3)52;1-3-4-5(2)6;1-2/h7-9,12-21,23,30,38-39H,10-11,22,25-28H2,1-6H3,(H,48,53)(H,49,54);3-4H,2,6H2,1H3;1-2H3/b37-23+;4-3-;/t30-,38?,39?,57?;;/m1../s1. The van der Waals surface area contributed by atoms with E-state index in [-0.39, 0.29) is 48.4 Å². The molecule has 0 aliphatic carbocycles. The predicted octanol–water partition coefficient (Wildman–Crippen LogP) is 9.73. The van der Waals surface area contributed by atoms with Crippen molar-refractivity contribution in [1.82, 2.24) is 20.5 Å². The van der Waals surface area contributed by atoms with Crippen molar-refractivity contribution in [2.45, 2.75) is 92.2 Å². The lowest BCUT2D eigenvalue weighted by Crippen LogP contribution is -2.48. The Morgan fingerprint density at radius 2 is 1.79 bits per heavy atom. The van der Waals surface area contributed by atoms with Crippen LogP contribution in [-0.4, -0.2) is 77.7 Å². The number of nitrogens with two attached hydrogens (primary N) is 1. The number of likely N-dealkylation sites (tertiary alicyclic amines) is 1. The summed E-state index contributed by atoms with van der Waals surface area (Å²) in [7, 11) is -1.08. The molecule has 1 aromatic heterocycles. The zero-order valence-electron chi connectivity index (χ0n) is 39.9. The number of aromatic nitrogens is 1. The Labute approximate surface area is 396 Å². The molecule has 0 saturated carbocycles. The van der Waals surface area contributed by atoms with Crippen LogP contribution in [-0.2, 0) is 25.3 Å². The SMILES string of the molecule is C=C(N)/C=C\C.CC.CC(=O)N1c2ccc(-c3ccc(C(=O)NC(C)(C)COP(C)CNC(=O)C4CC(c5cccc(C)c5)CN(C(=O)/C(C#N)=C/c5nccs5)C4)cc3)cc2CC[C@H]1C. The summed E-state index contributed by atoms with van der Waals surface area (Å²) in [6.07, 6.45) is 9.42. The Balaban J connectivity index is 0.00000110. The number of nitriles is 1. The molecule has 350 valence electrons. The number of piperidine rings is 1. The van der Waals surface area contributed by atoms with Crippen LogP contribution in [0.25, 0.3) is 17.2 Å². The predicted molar refractivity (Wildman–Crippen MR) is 270 cm³/mol. The lowest BCUT2D eigenvalue weighted by molar-refractivity contribution is -0.133. The van der Waals surface area contributed by atoms with Gasteiger partial charge in [0.15, 0.2) is 0 Å². The molecule has 0 radical (unpaired) electrons. The molecule has 3 aromatic carbocycles. The van der Waals surface area contributed by atoms with Crippen LogP contribution in [0.1, 0.15) is 99.3 Å². The van der Waals surface area contributed by atoms with Crippen LogP contribution in [0.5, 0.6) is 0 Å². The van der Waals surface area contributed by atoms with Gasteiger partial charge in [-0.15, -0.1) is 11.3 Å². The summed E-state index contributed by atoms with van der Waals surface area (Å²) < 4.78 is 6.19. The molecule has 3 unspecified atom stereocenters. The molecule has 12 nitrogen and oxygen atoms in total. The van der Waals surface area contributed by atoms with E-state index >= 15 is 0 Å². The van der Waals surface area contributed by atoms with Gasteiger partial charge in [-0.05, 0) is 119 Å². The molecule has 66 heavy (non-hydrogen) atoms.